The Morgan fingerprint density at radius 2 is 2.07 bits per heavy atom. The topological polar surface area (TPSA) is 73.6 Å². The van der Waals surface area contributed by atoms with Crippen molar-refractivity contribution in [2.75, 3.05) is 7.11 Å². The Morgan fingerprint density at radius 3 is 2.57 bits per heavy atom. The molecular weight excluding hydrogens is 246 g/mol. The summed E-state index contributed by atoms with van der Waals surface area (Å²) in [6, 6.07) is 3.68. The van der Waals surface area contributed by atoms with Crippen LogP contribution in [0, 0.1) is 6.92 Å². The Bertz CT molecular complexity index is 373. The van der Waals surface area contributed by atoms with Crippen molar-refractivity contribution in [3.8, 4) is 5.75 Å². The second-order valence-corrected chi connectivity index (χ2v) is 3.66. The number of aryl methyl sites for hydroxylation is 1. The SMILES string of the molecule is COc1cc(N=C(N)N)c(C)cc1Br. The number of hydrogen-bond acceptors (Lipinski definition) is 2. The smallest absolute Gasteiger partial charge is 0.191 e. The number of ether oxygens (including phenoxy) is 1. The fourth-order valence-electron chi connectivity index (χ4n) is 1.06. The highest BCUT2D eigenvalue weighted by Crippen LogP contribution is 2.32. The van der Waals surface area contributed by atoms with Gasteiger partial charge in [-0.2, -0.15) is 0 Å². The number of rotatable bonds is 2. The minimum atomic E-state index is 0.0393. The summed E-state index contributed by atoms with van der Waals surface area (Å²) in [5, 5.41) is 0. The first-order chi connectivity index (χ1) is 6.54. The van der Waals surface area contributed by atoms with Gasteiger partial charge in [-0.05, 0) is 34.5 Å². The molecule has 0 unspecified atom stereocenters. The van der Waals surface area contributed by atoms with Gasteiger partial charge >= 0.3 is 0 Å². The molecule has 4 nitrogen and oxygen atoms in total. The van der Waals surface area contributed by atoms with Crippen LogP contribution < -0.4 is 16.2 Å². The number of methoxy groups -OCH3 is 1. The number of hydrogen-bond donors (Lipinski definition) is 2. The van der Waals surface area contributed by atoms with Crippen molar-refractivity contribution in [3.05, 3.63) is 22.2 Å². The number of aliphatic imine (C=N–C) groups is 1. The van der Waals surface area contributed by atoms with Crippen molar-refractivity contribution < 1.29 is 4.74 Å². The van der Waals surface area contributed by atoms with Crippen molar-refractivity contribution in [3.63, 3.8) is 0 Å². The number of halogens is 1. The van der Waals surface area contributed by atoms with Crippen LogP contribution in [-0.4, -0.2) is 13.1 Å². The van der Waals surface area contributed by atoms with Gasteiger partial charge in [-0.1, -0.05) is 0 Å². The summed E-state index contributed by atoms with van der Waals surface area (Å²) in [7, 11) is 1.59. The van der Waals surface area contributed by atoms with Gasteiger partial charge in [-0.15, -0.1) is 0 Å². The lowest BCUT2D eigenvalue weighted by Gasteiger charge is -2.07. The fraction of sp³-hybridized carbons (Fsp3) is 0.222. The predicted molar refractivity (Wildman–Crippen MR) is 60.9 cm³/mol. The molecule has 5 heteroatoms. The molecule has 1 aromatic carbocycles. The van der Waals surface area contributed by atoms with E-state index in [-0.39, 0.29) is 5.96 Å². The normalized spacial score (nSPS) is 9.64. The Labute approximate surface area is 91.1 Å². The summed E-state index contributed by atoms with van der Waals surface area (Å²) < 4.78 is 6.01. The van der Waals surface area contributed by atoms with Crippen LogP contribution in [0.2, 0.25) is 0 Å². The van der Waals surface area contributed by atoms with Gasteiger partial charge in [0.15, 0.2) is 5.96 Å². The first-order valence-electron chi connectivity index (χ1n) is 3.98. The van der Waals surface area contributed by atoms with Gasteiger partial charge in [0.25, 0.3) is 0 Å². The lowest BCUT2D eigenvalue weighted by atomic mass is 10.2. The van der Waals surface area contributed by atoms with E-state index in [1.165, 1.54) is 0 Å². The lowest BCUT2D eigenvalue weighted by Crippen LogP contribution is -2.22. The van der Waals surface area contributed by atoms with Crippen molar-refractivity contribution in [2.45, 2.75) is 6.92 Å². The molecule has 0 radical (unpaired) electrons. The van der Waals surface area contributed by atoms with Crippen LogP contribution >= 0.6 is 15.9 Å². The van der Waals surface area contributed by atoms with Crippen LogP contribution in [0.25, 0.3) is 0 Å². The minimum absolute atomic E-state index is 0.0393. The average molecular weight is 258 g/mol. The minimum Gasteiger partial charge on any atom is -0.495 e. The van der Waals surface area contributed by atoms with E-state index < -0.39 is 0 Å². The number of benzene rings is 1. The highest BCUT2D eigenvalue weighted by Gasteiger charge is 2.05. The maximum atomic E-state index is 5.30. The zero-order valence-electron chi connectivity index (χ0n) is 8.04. The Morgan fingerprint density at radius 1 is 1.43 bits per heavy atom. The Balaban J connectivity index is 3.24. The van der Waals surface area contributed by atoms with Gasteiger partial charge in [-0.3, -0.25) is 0 Å². The van der Waals surface area contributed by atoms with E-state index in [4.69, 9.17) is 16.2 Å². The van der Waals surface area contributed by atoms with E-state index in [0.717, 1.165) is 10.0 Å². The maximum absolute atomic E-state index is 5.30. The Kier molecular flexibility index (Phi) is 3.35. The van der Waals surface area contributed by atoms with Crippen molar-refractivity contribution >= 4 is 27.6 Å². The number of nitrogens with two attached hydrogens (primary N) is 2. The summed E-state index contributed by atoms with van der Waals surface area (Å²) in [4.78, 5) is 3.98. The molecule has 0 aliphatic heterocycles. The van der Waals surface area contributed by atoms with Crippen molar-refractivity contribution in [2.24, 2.45) is 16.5 Å². The molecule has 0 saturated heterocycles. The summed E-state index contributed by atoms with van der Waals surface area (Å²) in [6.07, 6.45) is 0. The summed E-state index contributed by atoms with van der Waals surface area (Å²) >= 11 is 3.37. The number of guanidine groups is 1. The third-order valence-electron chi connectivity index (χ3n) is 1.72. The van der Waals surface area contributed by atoms with Crippen LogP contribution in [0.5, 0.6) is 5.75 Å². The monoisotopic (exact) mass is 257 g/mol. The van der Waals surface area contributed by atoms with E-state index in [0.29, 0.717) is 11.4 Å². The van der Waals surface area contributed by atoms with Gasteiger partial charge in [-0.25, -0.2) is 4.99 Å². The molecule has 0 bridgehead atoms. The molecule has 0 spiro atoms. The predicted octanol–water partition coefficient (Wildman–Crippen LogP) is 1.67. The first-order valence-corrected chi connectivity index (χ1v) is 4.77. The molecule has 0 atom stereocenters. The second-order valence-electron chi connectivity index (χ2n) is 2.81. The van der Waals surface area contributed by atoms with Gasteiger partial charge in [0, 0.05) is 6.07 Å². The largest absolute Gasteiger partial charge is 0.495 e. The van der Waals surface area contributed by atoms with Crippen molar-refractivity contribution in [1.82, 2.24) is 0 Å². The van der Waals surface area contributed by atoms with Gasteiger partial charge < -0.3 is 16.2 Å². The van der Waals surface area contributed by atoms with E-state index >= 15 is 0 Å². The maximum Gasteiger partial charge on any atom is 0.191 e. The molecule has 1 aromatic rings. The van der Waals surface area contributed by atoms with Crippen LogP contribution in [0.4, 0.5) is 5.69 Å². The van der Waals surface area contributed by atoms with E-state index in [1.54, 1.807) is 13.2 Å². The third kappa shape index (κ3) is 2.38. The molecule has 0 amide bonds. The zero-order chi connectivity index (χ0) is 10.7. The molecule has 0 aliphatic carbocycles. The van der Waals surface area contributed by atoms with Crippen LogP contribution in [0.1, 0.15) is 5.56 Å². The first kappa shape index (κ1) is 10.8. The molecule has 0 aliphatic rings. The molecule has 76 valence electrons. The van der Waals surface area contributed by atoms with Crippen LogP contribution in [-0.2, 0) is 0 Å². The average Bonchev–Trinajstić information content (AvgIpc) is 2.09. The van der Waals surface area contributed by atoms with E-state index in [1.807, 2.05) is 13.0 Å². The van der Waals surface area contributed by atoms with Crippen LogP contribution in [0.15, 0.2) is 21.6 Å². The number of nitrogens with zero attached hydrogens (tertiary/aromatic N) is 1. The van der Waals surface area contributed by atoms with E-state index in [2.05, 4.69) is 20.9 Å². The van der Waals surface area contributed by atoms with Gasteiger partial charge in [0.2, 0.25) is 0 Å². The molecule has 0 fully saturated rings. The fourth-order valence-corrected chi connectivity index (χ4v) is 1.68. The van der Waals surface area contributed by atoms with Gasteiger partial charge in [0.05, 0.1) is 17.3 Å². The second kappa shape index (κ2) is 4.32. The molecular formula is C9H12BrN3O. The molecule has 1 rings (SSSR count). The standard InChI is InChI=1S/C9H12BrN3O/c1-5-3-6(10)8(14-2)4-7(5)13-9(11)12/h3-4H,1-2H3,(H4,11,12,13). The highest BCUT2D eigenvalue weighted by molar-refractivity contribution is 9.10. The van der Waals surface area contributed by atoms with Crippen LogP contribution in [0.3, 0.4) is 0 Å². The molecule has 14 heavy (non-hydrogen) atoms. The Hall–Kier alpha value is -1.23. The molecule has 0 saturated carbocycles. The quantitative estimate of drug-likeness (QED) is 0.626. The molecule has 4 N–H and O–H groups in total. The van der Waals surface area contributed by atoms with Gasteiger partial charge in [0.1, 0.15) is 5.75 Å². The zero-order valence-corrected chi connectivity index (χ0v) is 9.63. The molecule has 0 aromatic heterocycles. The molecule has 0 heterocycles. The lowest BCUT2D eigenvalue weighted by molar-refractivity contribution is 0.412. The van der Waals surface area contributed by atoms with Crippen molar-refractivity contribution in [1.29, 1.82) is 0 Å². The highest BCUT2D eigenvalue weighted by atomic mass is 79.9. The summed E-state index contributed by atoms with van der Waals surface area (Å²) in [5.41, 5.74) is 12.3. The summed E-state index contributed by atoms with van der Waals surface area (Å²) in [5.74, 6) is 0.744. The third-order valence-corrected chi connectivity index (χ3v) is 2.34. The van der Waals surface area contributed by atoms with E-state index in [9.17, 15) is 0 Å². The summed E-state index contributed by atoms with van der Waals surface area (Å²) in [6.45, 7) is 1.92.